The molecule has 6 saturated carbocycles. The van der Waals surface area contributed by atoms with E-state index in [1.165, 1.54) is 12.0 Å². The van der Waals surface area contributed by atoms with E-state index in [4.69, 9.17) is 9.47 Å². The first-order valence-corrected chi connectivity index (χ1v) is 15.6. The number of benzene rings is 1. The highest BCUT2D eigenvalue weighted by molar-refractivity contribution is 5.95. The number of Topliss-reactive ketones (excluding diaryl/α,β-unsaturated/α-hetero) is 1. The highest BCUT2D eigenvalue weighted by Crippen LogP contribution is 3.10. The van der Waals surface area contributed by atoms with Gasteiger partial charge in [-0.05, 0) is 86.0 Å². The van der Waals surface area contributed by atoms with Crippen LogP contribution in [0, 0.1) is 58.2 Å². The quantitative estimate of drug-likeness (QED) is 0.367. The highest BCUT2D eigenvalue weighted by atomic mass is 16.6. The maximum atomic E-state index is 13.9. The zero-order valence-corrected chi connectivity index (χ0v) is 26.2. The van der Waals surface area contributed by atoms with Gasteiger partial charge in [0, 0.05) is 19.5 Å². The van der Waals surface area contributed by atoms with Crippen LogP contribution < -0.4 is 5.32 Å². The maximum Gasteiger partial charge on any atom is 0.410 e. The van der Waals surface area contributed by atoms with Gasteiger partial charge in [0.2, 0.25) is 5.91 Å². The summed E-state index contributed by atoms with van der Waals surface area (Å²) in [5.41, 5.74) is 0.283. The molecule has 7 rings (SSSR count). The van der Waals surface area contributed by atoms with Crippen LogP contribution in [0.25, 0.3) is 0 Å². The molecule has 1 aromatic carbocycles. The molecule has 3 atom stereocenters. The Kier molecular flexibility index (Phi) is 6.64. The van der Waals surface area contributed by atoms with E-state index in [9.17, 15) is 19.2 Å². The van der Waals surface area contributed by atoms with Gasteiger partial charge in [0.05, 0.1) is 24.5 Å². The molecule has 42 heavy (non-hydrogen) atoms. The fourth-order valence-corrected chi connectivity index (χ4v) is 10.6. The second-order valence-corrected chi connectivity index (χ2v) is 15.1. The Morgan fingerprint density at radius 2 is 1.52 bits per heavy atom. The SMILES string of the molecule is COC(=O)[C@@H](C)C[C@H](Cc1ccccc1)NC(=O)C12C3C4C1C1C2C3C41CC(=O)[C@H](C(C)C)N(C)C(=O)OC(C)(C)C. The van der Waals surface area contributed by atoms with E-state index in [2.05, 4.69) is 17.4 Å². The van der Waals surface area contributed by atoms with Crippen LogP contribution in [0.5, 0.6) is 0 Å². The number of rotatable bonds is 12. The van der Waals surface area contributed by atoms with Crippen LogP contribution >= 0.6 is 0 Å². The Hall–Kier alpha value is -2.90. The predicted octanol–water partition coefficient (Wildman–Crippen LogP) is 4.50. The Balaban J connectivity index is 1.10. The van der Waals surface area contributed by atoms with Crippen molar-refractivity contribution in [3.05, 3.63) is 35.9 Å². The molecule has 0 saturated heterocycles. The van der Waals surface area contributed by atoms with Crippen molar-refractivity contribution in [1.82, 2.24) is 10.2 Å². The van der Waals surface area contributed by atoms with E-state index in [1.54, 1.807) is 7.05 Å². The first-order valence-electron chi connectivity index (χ1n) is 15.6. The lowest BCUT2D eigenvalue weighted by Gasteiger charge is -3.11. The Labute approximate surface area is 249 Å². The minimum Gasteiger partial charge on any atom is -0.469 e. The molecular weight excluding hydrogens is 532 g/mol. The Morgan fingerprint density at radius 3 is 2.02 bits per heavy atom. The minimum absolute atomic E-state index is 0.0200. The zero-order valence-electron chi connectivity index (χ0n) is 26.2. The van der Waals surface area contributed by atoms with Gasteiger partial charge in [-0.3, -0.25) is 14.4 Å². The van der Waals surface area contributed by atoms with Gasteiger partial charge in [-0.1, -0.05) is 51.1 Å². The van der Waals surface area contributed by atoms with Gasteiger partial charge >= 0.3 is 12.1 Å². The van der Waals surface area contributed by atoms with Crippen LogP contribution in [0.3, 0.4) is 0 Å². The third-order valence-electron chi connectivity index (χ3n) is 11.7. The molecule has 0 aliphatic heterocycles. The number of ether oxygens (including phenoxy) is 2. The first-order chi connectivity index (χ1) is 19.7. The second-order valence-electron chi connectivity index (χ2n) is 15.1. The molecule has 6 aliphatic carbocycles. The number of methoxy groups -OCH3 is 1. The molecule has 228 valence electrons. The summed E-state index contributed by atoms with van der Waals surface area (Å²) in [6.45, 7) is 11.3. The number of hydrogen-bond acceptors (Lipinski definition) is 6. The van der Waals surface area contributed by atoms with Crippen LogP contribution in [0.1, 0.15) is 59.9 Å². The van der Waals surface area contributed by atoms with E-state index >= 15 is 0 Å². The van der Waals surface area contributed by atoms with Crippen molar-refractivity contribution in [3.63, 3.8) is 0 Å². The van der Waals surface area contributed by atoms with Crippen LogP contribution in [-0.2, 0) is 30.3 Å². The van der Waals surface area contributed by atoms with E-state index in [0.29, 0.717) is 54.8 Å². The van der Waals surface area contributed by atoms with Crippen molar-refractivity contribution in [2.24, 2.45) is 58.2 Å². The van der Waals surface area contributed by atoms with E-state index in [1.807, 2.05) is 59.7 Å². The molecule has 0 bridgehead atoms. The maximum absolute atomic E-state index is 13.9. The lowest BCUT2D eigenvalue weighted by atomic mass is 8.92. The minimum atomic E-state index is -0.625. The summed E-state index contributed by atoms with van der Waals surface area (Å²) in [5, 5.41) is 3.37. The smallest absolute Gasteiger partial charge is 0.410 e. The molecule has 0 heterocycles. The van der Waals surface area contributed by atoms with Gasteiger partial charge < -0.3 is 19.7 Å². The molecule has 1 N–H and O–H groups in total. The van der Waals surface area contributed by atoms with E-state index in [-0.39, 0.29) is 46.4 Å². The summed E-state index contributed by atoms with van der Waals surface area (Å²) in [6, 6.07) is 9.39. The van der Waals surface area contributed by atoms with Crippen molar-refractivity contribution >= 4 is 23.8 Å². The van der Waals surface area contributed by atoms with Gasteiger partial charge in [0.25, 0.3) is 0 Å². The molecule has 1 aromatic rings. The zero-order chi connectivity index (χ0) is 30.5. The molecule has 0 unspecified atom stereocenters. The number of carbonyl (C=O) groups is 4. The third-order valence-corrected chi connectivity index (χ3v) is 11.7. The fourth-order valence-electron chi connectivity index (χ4n) is 10.6. The van der Waals surface area contributed by atoms with Gasteiger partial charge in [-0.15, -0.1) is 0 Å². The van der Waals surface area contributed by atoms with Gasteiger partial charge in [-0.25, -0.2) is 4.79 Å². The predicted molar refractivity (Wildman–Crippen MR) is 156 cm³/mol. The number of amides is 2. The van der Waals surface area contributed by atoms with Crippen molar-refractivity contribution in [2.75, 3.05) is 14.2 Å². The number of ketones is 1. The van der Waals surface area contributed by atoms with Gasteiger partial charge in [0.15, 0.2) is 5.78 Å². The number of carbonyl (C=O) groups excluding carboxylic acids is 4. The normalized spacial score (nSPS) is 35.9. The summed E-state index contributed by atoms with van der Waals surface area (Å²) in [4.78, 5) is 54.1. The van der Waals surface area contributed by atoms with Crippen molar-refractivity contribution in [3.8, 4) is 0 Å². The third kappa shape index (κ3) is 3.65. The molecule has 6 aliphatic rings. The molecule has 0 spiro atoms. The number of nitrogens with zero attached hydrogens (tertiary/aromatic N) is 1. The molecule has 2 amide bonds. The summed E-state index contributed by atoms with van der Waals surface area (Å²) in [7, 11) is 3.07. The summed E-state index contributed by atoms with van der Waals surface area (Å²) in [6.07, 6.45) is 1.23. The van der Waals surface area contributed by atoms with Crippen LogP contribution in [-0.4, -0.2) is 60.5 Å². The molecule has 0 aromatic heterocycles. The molecule has 6 fully saturated rings. The monoisotopic (exact) mass is 578 g/mol. The summed E-state index contributed by atoms with van der Waals surface area (Å²) in [5.74, 6) is 2.16. The standard InChI is InChI=1S/C34H46N2O6/c1-17(2)28(36(7)31(40)42-32(4,5)6)21(37)16-33-22-25-23(33)27-24(33)26(22)34(25,27)30(39)35-20(14-18(3)29(38)41-8)15-19-12-10-9-11-13-19/h9-13,17-18,20,22-28H,14-16H2,1-8H3,(H,35,39)/t18-,20+,22?,23?,24?,25?,26?,27?,28-,33?,34?/m0/s1. The number of hydrogen-bond donors (Lipinski definition) is 1. The first kappa shape index (κ1) is 29.2. The van der Waals surface area contributed by atoms with Gasteiger partial charge in [-0.2, -0.15) is 0 Å². The summed E-state index contributed by atoms with van der Waals surface area (Å²) >= 11 is 0. The fraction of sp³-hybridized carbons (Fsp3) is 0.706. The average molecular weight is 579 g/mol. The Bertz CT molecular complexity index is 1250. The van der Waals surface area contributed by atoms with E-state index in [0.717, 1.165) is 5.56 Å². The topological polar surface area (TPSA) is 102 Å². The van der Waals surface area contributed by atoms with Crippen molar-refractivity contribution < 1.29 is 28.7 Å². The Morgan fingerprint density at radius 1 is 0.952 bits per heavy atom. The van der Waals surface area contributed by atoms with Crippen LogP contribution in [0.4, 0.5) is 4.79 Å². The second kappa shape index (κ2) is 9.55. The van der Waals surface area contributed by atoms with Crippen molar-refractivity contribution in [1.29, 1.82) is 0 Å². The molecule has 0 radical (unpaired) electrons. The summed E-state index contributed by atoms with van der Waals surface area (Å²) < 4.78 is 10.5. The largest absolute Gasteiger partial charge is 0.469 e. The molecule has 8 nitrogen and oxygen atoms in total. The highest BCUT2D eigenvalue weighted by Gasteiger charge is 3.11. The van der Waals surface area contributed by atoms with Gasteiger partial charge in [0.1, 0.15) is 5.60 Å². The molecule has 8 heteroatoms. The van der Waals surface area contributed by atoms with Crippen LogP contribution in [0.15, 0.2) is 30.3 Å². The van der Waals surface area contributed by atoms with E-state index < -0.39 is 17.7 Å². The number of nitrogens with one attached hydrogen (secondary N) is 1. The van der Waals surface area contributed by atoms with Crippen molar-refractivity contribution in [2.45, 2.75) is 78.5 Å². The average Bonchev–Trinajstić information content (AvgIpc) is 2.92. The molecular formula is C34H46N2O6. The number of likely N-dealkylation sites (N-methyl/N-ethyl adjacent to an activating group) is 1. The lowest BCUT2D eigenvalue weighted by Crippen LogP contribution is -3.11. The number of esters is 1. The van der Waals surface area contributed by atoms with Crippen LogP contribution in [0.2, 0.25) is 0 Å². The lowest BCUT2D eigenvalue weighted by molar-refractivity contribution is -0.640.